The summed E-state index contributed by atoms with van der Waals surface area (Å²) in [6.45, 7) is 2.62. The van der Waals surface area contributed by atoms with Crippen molar-refractivity contribution in [1.29, 1.82) is 0 Å². The summed E-state index contributed by atoms with van der Waals surface area (Å²) in [5.41, 5.74) is 2.82. The molecule has 4 rings (SSSR count). The van der Waals surface area contributed by atoms with Crippen LogP contribution in [0, 0.1) is 6.92 Å². The highest BCUT2D eigenvalue weighted by atomic mass is 16.2. The van der Waals surface area contributed by atoms with Gasteiger partial charge in [-0.25, -0.2) is 9.50 Å². The molecule has 0 aliphatic carbocycles. The topological polar surface area (TPSA) is 76.3 Å². The second-order valence-electron chi connectivity index (χ2n) is 5.69. The van der Waals surface area contributed by atoms with Crippen LogP contribution < -0.4 is 0 Å². The summed E-state index contributed by atoms with van der Waals surface area (Å²) < 4.78 is 1.62. The fourth-order valence-corrected chi connectivity index (χ4v) is 3.09. The Hall–Kier alpha value is -2.83. The molecule has 0 N–H and O–H groups in total. The normalized spacial score (nSPS) is 17.8. The molecular weight excluding hydrogens is 292 g/mol. The lowest BCUT2D eigenvalue weighted by Gasteiger charge is -2.23. The first-order valence-electron chi connectivity index (χ1n) is 7.62. The SMILES string of the molecule is Cc1cncc([C@@H]2CCCN2C(=O)c2cnn3cccnc23)n1. The average molecular weight is 308 g/mol. The quantitative estimate of drug-likeness (QED) is 0.721. The number of rotatable bonds is 2. The molecule has 7 nitrogen and oxygen atoms in total. The molecule has 23 heavy (non-hydrogen) atoms. The number of hydrogen-bond acceptors (Lipinski definition) is 5. The molecule has 3 aromatic heterocycles. The van der Waals surface area contributed by atoms with Gasteiger partial charge in [-0.3, -0.25) is 14.8 Å². The molecule has 1 aliphatic rings. The van der Waals surface area contributed by atoms with Crippen molar-refractivity contribution in [3.05, 3.63) is 54.0 Å². The monoisotopic (exact) mass is 308 g/mol. The minimum atomic E-state index is -0.0514. The van der Waals surface area contributed by atoms with Crippen molar-refractivity contribution >= 4 is 11.6 Å². The van der Waals surface area contributed by atoms with Crippen molar-refractivity contribution in [1.82, 2.24) is 29.5 Å². The highest BCUT2D eigenvalue weighted by molar-refractivity contribution is 5.99. The van der Waals surface area contributed by atoms with Crippen molar-refractivity contribution in [3.8, 4) is 0 Å². The summed E-state index contributed by atoms with van der Waals surface area (Å²) >= 11 is 0. The first kappa shape index (κ1) is 13.8. The molecular formula is C16H16N6O. The third-order valence-electron chi connectivity index (χ3n) is 4.14. The van der Waals surface area contributed by atoms with Gasteiger partial charge in [-0.1, -0.05) is 0 Å². The van der Waals surface area contributed by atoms with Crippen LogP contribution in [-0.2, 0) is 0 Å². The largest absolute Gasteiger partial charge is 0.330 e. The minimum absolute atomic E-state index is 0.0337. The maximum atomic E-state index is 13.0. The van der Waals surface area contributed by atoms with Crippen LogP contribution in [0.25, 0.3) is 5.65 Å². The fraction of sp³-hybridized carbons (Fsp3) is 0.312. The van der Waals surface area contributed by atoms with E-state index < -0.39 is 0 Å². The van der Waals surface area contributed by atoms with Crippen LogP contribution in [0.4, 0.5) is 0 Å². The van der Waals surface area contributed by atoms with Gasteiger partial charge in [0.15, 0.2) is 5.65 Å². The van der Waals surface area contributed by atoms with Gasteiger partial charge < -0.3 is 4.90 Å². The van der Waals surface area contributed by atoms with E-state index in [1.807, 2.05) is 11.8 Å². The summed E-state index contributed by atoms with van der Waals surface area (Å²) in [4.78, 5) is 27.8. The van der Waals surface area contributed by atoms with Crippen molar-refractivity contribution in [3.63, 3.8) is 0 Å². The molecule has 116 valence electrons. The second-order valence-corrected chi connectivity index (χ2v) is 5.69. The van der Waals surface area contributed by atoms with E-state index in [1.165, 1.54) is 0 Å². The molecule has 3 aromatic rings. The van der Waals surface area contributed by atoms with Gasteiger partial charge in [0.05, 0.1) is 29.8 Å². The Balaban J connectivity index is 1.70. The first-order chi connectivity index (χ1) is 11.2. The average Bonchev–Trinajstić information content (AvgIpc) is 3.21. The minimum Gasteiger partial charge on any atom is -0.330 e. The van der Waals surface area contributed by atoms with Crippen molar-refractivity contribution in [2.75, 3.05) is 6.54 Å². The lowest BCUT2D eigenvalue weighted by atomic mass is 10.1. The maximum Gasteiger partial charge on any atom is 0.259 e. The predicted octanol–water partition coefficient (Wildman–Crippen LogP) is 1.81. The Kier molecular flexibility index (Phi) is 3.25. The van der Waals surface area contributed by atoms with Crippen LogP contribution in [-0.4, -0.2) is 41.9 Å². The van der Waals surface area contributed by atoms with Gasteiger partial charge in [0, 0.05) is 25.1 Å². The predicted molar refractivity (Wildman–Crippen MR) is 82.8 cm³/mol. The van der Waals surface area contributed by atoms with E-state index >= 15 is 0 Å². The van der Waals surface area contributed by atoms with E-state index in [2.05, 4.69) is 20.1 Å². The Bertz CT molecular complexity index is 874. The van der Waals surface area contributed by atoms with Gasteiger partial charge in [0.2, 0.25) is 0 Å². The molecule has 0 bridgehead atoms. The molecule has 4 heterocycles. The third kappa shape index (κ3) is 2.34. The second kappa shape index (κ2) is 5.42. The molecule has 1 atom stereocenters. The standard InChI is InChI=1S/C16H16N6O/c1-11-8-17-10-13(20-11)14-4-2-6-21(14)16(23)12-9-19-22-7-3-5-18-15(12)22/h3,5,7-10,14H,2,4,6H2,1H3/t14-/m0/s1. The van der Waals surface area contributed by atoms with Crippen molar-refractivity contribution in [2.24, 2.45) is 0 Å². The third-order valence-corrected chi connectivity index (χ3v) is 4.14. The molecule has 1 amide bonds. The van der Waals surface area contributed by atoms with Crippen LogP contribution in [0.15, 0.2) is 37.1 Å². The van der Waals surface area contributed by atoms with Crippen molar-refractivity contribution < 1.29 is 4.79 Å². The highest BCUT2D eigenvalue weighted by Crippen LogP contribution is 2.32. The number of hydrogen-bond donors (Lipinski definition) is 0. The Morgan fingerprint density at radius 3 is 3.09 bits per heavy atom. The van der Waals surface area contributed by atoms with Gasteiger partial charge in [-0.15, -0.1) is 0 Å². The Morgan fingerprint density at radius 2 is 2.22 bits per heavy atom. The zero-order chi connectivity index (χ0) is 15.8. The van der Waals surface area contributed by atoms with Gasteiger partial charge >= 0.3 is 0 Å². The molecule has 1 saturated heterocycles. The lowest BCUT2D eigenvalue weighted by molar-refractivity contribution is 0.0734. The van der Waals surface area contributed by atoms with Crippen LogP contribution >= 0.6 is 0 Å². The van der Waals surface area contributed by atoms with Gasteiger partial charge in [-0.2, -0.15) is 5.10 Å². The molecule has 0 unspecified atom stereocenters. The lowest BCUT2D eigenvalue weighted by Crippen LogP contribution is -2.31. The zero-order valence-corrected chi connectivity index (χ0v) is 12.8. The van der Waals surface area contributed by atoms with Crippen LogP contribution in [0.3, 0.4) is 0 Å². The van der Waals surface area contributed by atoms with E-state index in [-0.39, 0.29) is 11.9 Å². The number of aromatic nitrogens is 5. The highest BCUT2D eigenvalue weighted by Gasteiger charge is 2.33. The molecule has 1 fully saturated rings. The van der Waals surface area contributed by atoms with E-state index in [0.717, 1.165) is 24.2 Å². The summed E-state index contributed by atoms with van der Waals surface area (Å²) in [7, 11) is 0. The molecule has 0 aromatic carbocycles. The summed E-state index contributed by atoms with van der Waals surface area (Å²) in [5.74, 6) is -0.0514. The number of nitrogens with zero attached hydrogens (tertiary/aromatic N) is 6. The van der Waals surface area contributed by atoms with Crippen LogP contribution in [0.2, 0.25) is 0 Å². The van der Waals surface area contributed by atoms with Gasteiger partial charge in [0.25, 0.3) is 5.91 Å². The van der Waals surface area contributed by atoms with Crippen LogP contribution in [0.5, 0.6) is 0 Å². The Labute approximate surface area is 133 Å². The molecule has 1 aliphatic heterocycles. The van der Waals surface area contributed by atoms with E-state index in [4.69, 9.17) is 0 Å². The number of carbonyl (C=O) groups is 1. The molecule has 7 heteroatoms. The smallest absolute Gasteiger partial charge is 0.259 e. The molecule has 0 saturated carbocycles. The number of aryl methyl sites for hydroxylation is 1. The first-order valence-corrected chi connectivity index (χ1v) is 7.62. The van der Waals surface area contributed by atoms with E-state index in [0.29, 0.717) is 17.8 Å². The number of amides is 1. The van der Waals surface area contributed by atoms with Gasteiger partial charge in [0.1, 0.15) is 5.56 Å². The summed E-state index contributed by atoms with van der Waals surface area (Å²) in [6, 6.07) is 1.75. The molecule has 0 radical (unpaired) electrons. The summed E-state index contributed by atoms with van der Waals surface area (Å²) in [5, 5.41) is 4.20. The fourth-order valence-electron chi connectivity index (χ4n) is 3.09. The maximum absolute atomic E-state index is 13.0. The summed E-state index contributed by atoms with van der Waals surface area (Å²) in [6.07, 6.45) is 10.4. The molecule has 0 spiro atoms. The Morgan fingerprint density at radius 1 is 1.30 bits per heavy atom. The van der Waals surface area contributed by atoms with E-state index in [9.17, 15) is 4.79 Å². The van der Waals surface area contributed by atoms with Gasteiger partial charge in [-0.05, 0) is 25.8 Å². The number of fused-ring (bicyclic) bond motifs is 1. The van der Waals surface area contributed by atoms with Crippen molar-refractivity contribution in [2.45, 2.75) is 25.8 Å². The number of likely N-dealkylation sites (tertiary alicyclic amines) is 1. The van der Waals surface area contributed by atoms with E-state index in [1.54, 1.807) is 41.6 Å². The van der Waals surface area contributed by atoms with Crippen LogP contribution in [0.1, 0.15) is 40.6 Å². The number of carbonyl (C=O) groups excluding carboxylic acids is 1. The zero-order valence-electron chi connectivity index (χ0n) is 12.8.